The van der Waals surface area contributed by atoms with Crippen molar-refractivity contribution < 1.29 is 0 Å². The number of hydrogen-bond acceptors (Lipinski definition) is 2. The first-order valence-corrected chi connectivity index (χ1v) is 8.17. The van der Waals surface area contributed by atoms with Crippen molar-refractivity contribution in [3.63, 3.8) is 0 Å². The second-order valence-electron chi connectivity index (χ2n) is 5.78. The Kier molecular flexibility index (Phi) is 4.94. The standard InChI is InChI=1S/C17H22ClN3/c18-16-9-5-4-6-14(16)13-21-11-10-19-17(21)12-20-15-7-2-1-3-8-15/h4-6,9-11,15,20H,1-3,7-8,12-13H2. The fraction of sp³-hybridized carbons (Fsp3) is 0.471. The van der Waals surface area contributed by atoms with Crippen molar-refractivity contribution >= 4 is 11.6 Å². The van der Waals surface area contributed by atoms with Crippen molar-refractivity contribution in [3.05, 3.63) is 53.1 Å². The Labute approximate surface area is 131 Å². The zero-order valence-electron chi connectivity index (χ0n) is 12.3. The summed E-state index contributed by atoms with van der Waals surface area (Å²) in [4.78, 5) is 4.48. The average Bonchev–Trinajstić information content (AvgIpc) is 2.96. The van der Waals surface area contributed by atoms with Gasteiger partial charge in [-0.05, 0) is 24.5 Å². The van der Waals surface area contributed by atoms with Crippen LogP contribution in [-0.4, -0.2) is 15.6 Å². The molecule has 0 atom stereocenters. The third-order valence-electron chi connectivity index (χ3n) is 4.25. The van der Waals surface area contributed by atoms with Gasteiger partial charge in [0, 0.05) is 23.5 Å². The Morgan fingerprint density at radius 3 is 2.81 bits per heavy atom. The predicted molar refractivity (Wildman–Crippen MR) is 86.5 cm³/mol. The lowest BCUT2D eigenvalue weighted by Crippen LogP contribution is -2.31. The molecule has 1 aliphatic carbocycles. The molecule has 3 rings (SSSR count). The number of aromatic nitrogens is 2. The molecule has 1 aromatic heterocycles. The summed E-state index contributed by atoms with van der Waals surface area (Å²) < 4.78 is 2.18. The summed E-state index contributed by atoms with van der Waals surface area (Å²) in [5.74, 6) is 1.08. The van der Waals surface area contributed by atoms with Crippen molar-refractivity contribution in [1.29, 1.82) is 0 Å². The predicted octanol–water partition coefficient (Wildman–Crippen LogP) is 4.01. The van der Waals surface area contributed by atoms with Crippen molar-refractivity contribution in [2.45, 2.75) is 51.2 Å². The van der Waals surface area contributed by atoms with E-state index < -0.39 is 0 Å². The molecule has 1 aromatic carbocycles. The van der Waals surface area contributed by atoms with Crippen LogP contribution in [0.15, 0.2) is 36.7 Å². The highest BCUT2D eigenvalue weighted by atomic mass is 35.5. The quantitative estimate of drug-likeness (QED) is 0.904. The van der Waals surface area contributed by atoms with Gasteiger partial charge in [0.25, 0.3) is 0 Å². The van der Waals surface area contributed by atoms with E-state index in [0.717, 1.165) is 29.5 Å². The molecular formula is C17H22ClN3. The van der Waals surface area contributed by atoms with Gasteiger partial charge in [0.2, 0.25) is 0 Å². The number of halogens is 1. The van der Waals surface area contributed by atoms with Crippen LogP contribution in [0.1, 0.15) is 43.5 Å². The first kappa shape index (κ1) is 14.6. The molecule has 112 valence electrons. The van der Waals surface area contributed by atoms with E-state index in [1.54, 1.807) is 0 Å². The zero-order chi connectivity index (χ0) is 14.5. The lowest BCUT2D eigenvalue weighted by atomic mass is 9.95. The van der Waals surface area contributed by atoms with Gasteiger partial charge >= 0.3 is 0 Å². The van der Waals surface area contributed by atoms with E-state index in [0.29, 0.717) is 6.04 Å². The minimum absolute atomic E-state index is 0.657. The molecular weight excluding hydrogens is 282 g/mol. The van der Waals surface area contributed by atoms with Gasteiger partial charge in [0.1, 0.15) is 5.82 Å². The van der Waals surface area contributed by atoms with Gasteiger partial charge in [-0.15, -0.1) is 0 Å². The Hall–Kier alpha value is -1.32. The van der Waals surface area contributed by atoms with Crippen LogP contribution < -0.4 is 5.32 Å². The summed E-state index contributed by atoms with van der Waals surface area (Å²) in [6.45, 7) is 1.61. The molecule has 0 amide bonds. The van der Waals surface area contributed by atoms with Crippen LogP contribution in [0.25, 0.3) is 0 Å². The molecule has 3 nitrogen and oxygen atoms in total. The van der Waals surface area contributed by atoms with E-state index in [1.165, 1.54) is 32.1 Å². The largest absolute Gasteiger partial charge is 0.329 e. The van der Waals surface area contributed by atoms with Gasteiger partial charge in [0.05, 0.1) is 13.1 Å². The van der Waals surface area contributed by atoms with E-state index >= 15 is 0 Å². The highest BCUT2D eigenvalue weighted by molar-refractivity contribution is 6.31. The van der Waals surface area contributed by atoms with Crippen LogP contribution in [0.4, 0.5) is 0 Å². The van der Waals surface area contributed by atoms with Gasteiger partial charge in [-0.25, -0.2) is 4.98 Å². The smallest absolute Gasteiger partial charge is 0.122 e. The first-order chi connectivity index (χ1) is 10.3. The molecule has 1 saturated carbocycles. The van der Waals surface area contributed by atoms with Crippen LogP contribution in [0.2, 0.25) is 5.02 Å². The minimum atomic E-state index is 0.657. The van der Waals surface area contributed by atoms with E-state index in [-0.39, 0.29) is 0 Å². The Bertz CT molecular complexity index is 573. The van der Waals surface area contributed by atoms with Crippen molar-refractivity contribution in [3.8, 4) is 0 Å². The third kappa shape index (κ3) is 3.86. The average molecular weight is 304 g/mol. The fourth-order valence-electron chi connectivity index (χ4n) is 3.00. The Morgan fingerprint density at radius 1 is 1.19 bits per heavy atom. The number of benzene rings is 1. The van der Waals surface area contributed by atoms with Crippen LogP contribution in [0.3, 0.4) is 0 Å². The van der Waals surface area contributed by atoms with Gasteiger partial charge in [-0.1, -0.05) is 49.1 Å². The molecule has 0 bridgehead atoms. The van der Waals surface area contributed by atoms with E-state index in [9.17, 15) is 0 Å². The molecule has 1 heterocycles. The highest BCUT2D eigenvalue weighted by Gasteiger charge is 2.13. The highest BCUT2D eigenvalue weighted by Crippen LogP contribution is 2.19. The lowest BCUT2D eigenvalue weighted by Gasteiger charge is -2.22. The van der Waals surface area contributed by atoms with Gasteiger partial charge < -0.3 is 9.88 Å². The summed E-state index contributed by atoms with van der Waals surface area (Å²) in [6, 6.07) is 8.65. The molecule has 21 heavy (non-hydrogen) atoms. The third-order valence-corrected chi connectivity index (χ3v) is 4.62. The number of hydrogen-bond donors (Lipinski definition) is 1. The summed E-state index contributed by atoms with van der Waals surface area (Å²) in [6.07, 6.45) is 10.6. The number of imidazole rings is 1. The lowest BCUT2D eigenvalue weighted by molar-refractivity contribution is 0.367. The number of nitrogens with zero attached hydrogens (tertiary/aromatic N) is 2. The maximum atomic E-state index is 6.24. The van der Waals surface area contributed by atoms with Crippen LogP contribution in [0.5, 0.6) is 0 Å². The molecule has 0 radical (unpaired) electrons. The molecule has 0 spiro atoms. The molecule has 1 N–H and O–H groups in total. The van der Waals surface area contributed by atoms with Gasteiger partial charge in [-0.3, -0.25) is 0 Å². The Morgan fingerprint density at radius 2 is 2.00 bits per heavy atom. The molecule has 0 saturated heterocycles. The number of nitrogens with one attached hydrogen (secondary N) is 1. The summed E-state index contributed by atoms with van der Waals surface area (Å²) in [5.41, 5.74) is 1.14. The second-order valence-corrected chi connectivity index (χ2v) is 6.19. The molecule has 2 aromatic rings. The van der Waals surface area contributed by atoms with Crippen LogP contribution in [-0.2, 0) is 13.1 Å². The van der Waals surface area contributed by atoms with E-state index in [4.69, 9.17) is 11.6 Å². The SMILES string of the molecule is Clc1ccccc1Cn1ccnc1CNC1CCCCC1. The monoisotopic (exact) mass is 303 g/mol. The maximum absolute atomic E-state index is 6.24. The van der Waals surface area contributed by atoms with Crippen LogP contribution >= 0.6 is 11.6 Å². The summed E-state index contributed by atoms with van der Waals surface area (Å²) >= 11 is 6.24. The van der Waals surface area contributed by atoms with E-state index in [2.05, 4.69) is 20.9 Å². The second kappa shape index (κ2) is 7.10. The van der Waals surface area contributed by atoms with Crippen molar-refractivity contribution in [2.75, 3.05) is 0 Å². The molecule has 1 aliphatic rings. The fourth-order valence-corrected chi connectivity index (χ4v) is 3.20. The summed E-state index contributed by atoms with van der Waals surface area (Å²) in [7, 11) is 0. The van der Waals surface area contributed by atoms with Gasteiger partial charge in [-0.2, -0.15) is 0 Å². The Balaban J connectivity index is 1.62. The summed E-state index contributed by atoms with van der Waals surface area (Å²) in [5, 5.41) is 4.47. The molecule has 1 fully saturated rings. The van der Waals surface area contributed by atoms with Gasteiger partial charge in [0.15, 0.2) is 0 Å². The van der Waals surface area contributed by atoms with Crippen LogP contribution in [0, 0.1) is 0 Å². The maximum Gasteiger partial charge on any atom is 0.122 e. The molecule has 0 aliphatic heterocycles. The van der Waals surface area contributed by atoms with Crippen molar-refractivity contribution in [1.82, 2.24) is 14.9 Å². The number of rotatable bonds is 5. The van der Waals surface area contributed by atoms with Crippen molar-refractivity contribution in [2.24, 2.45) is 0 Å². The minimum Gasteiger partial charge on any atom is -0.329 e. The first-order valence-electron chi connectivity index (χ1n) is 7.80. The van der Waals surface area contributed by atoms with E-state index in [1.807, 2.05) is 30.6 Å². The zero-order valence-corrected chi connectivity index (χ0v) is 13.0. The normalized spacial score (nSPS) is 16.2. The molecule has 4 heteroatoms. The molecule has 0 unspecified atom stereocenters. The topological polar surface area (TPSA) is 29.9 Å².